The van der Waals surface area contributed by atoms with Gasteiger partial charge in [0.05, 0.1) is 51.7 Å². The first-order valence-corrected chi connectivity index (χ1v) is 13.5. The highest BCUT2D eigenvalue weighted by Crippen LogP contribution is 2.37. The number of carboxylic acid groups (broad SMARTS) is 2. The highest BCUT2D eigenvalue weighted by atomic mass is 19.4. The second-order valence-electron chi connectivity index (χ2n) is 10.0. The van der Waals surface area contributed by atoms with Gasteiger partial charge in [0.1, 0.15) is 11.4 Å². The number of anilines is 1. The van der Waals surface area contributed by atoms with Crippen molar-refractivity contribution in [3.8, 4) is 33.9 Å². The normalized spacial score (nSPS) is 11.8. The second kappa shape index (κ2) is 12.2. The number of hydrogen-bond donors (Lipinski definition) is 4. The zero-order valence-electron chi connectivity index (χ0n) is 24.1. The molecule has 0 fully saturated rings. The Morgan fingerprint density at radius 1 is 0.750 bits per heavy atom. The fraction of sp³-hybridized carbons (Fsp3) is 0.138. The van der Waals surface area contributed by atoms with Crippen molar-refractivity contribution in [1.29, 1.82) is 0 Å². The van der Waals surface area contributed by atoms with E-state index in [0.29, 0.717) is 12.1 Å². The predicted octanol–water partition coefficient (Wildman–Crippen LogP) is 4.95. The van der Waals surface area contributed by atoms with Gasteiger partial charge < -0.3 is 21.3 Å². The topological polar surface area (TPSA) is 191 Å². The summed E-state index contributed by atoms with van der Waals surface area (Å²) in [6.07, 6.45) is -7.63. The van der Waals surface area contributed by atoms with Crippen LogP contribution in [0, 0.1) is 0 Å². The van der Waals surface area contributed by atoms with Crippen LogP contribution in [0.5, 0.6) is 0 Å². The molecular weight excluding hydrogens is 654 g/mol. The van der Waals surface area contributed by atoms with Gasteiger partial charge in [0.25, 0.3) is 5.91 Å². The predicted molar refractivity (Wildman–Crippen MR) is 153 cm³/mol. The van der Waals surface area contributed by atoms with Gasteiger partial charge in [-0.1, -0.05) is 10.4 Å². The molecule has 0 aliphatic heterocycles. The van der Waals surface area contributed by atoms with Gasteiger partial charge in [-0.05, 0) is 55.5 Å². The van der Waals surface area contributed by atoms with E-state index >= 15 is 0 Å². The molecule has 3 aromatic carbocycles. The number of carboxylic acids is 2. The van der Waals surface area contributed by atoms with Crippen LogP contribution in [0.1, 0.15) is 49.1 Å². The first kappa shape index (κ1) is 33.1. The zero-order chi connectivity index (χ0) is 35.1. The molecule has 0 unspecified atom stereocenters. The van der Waals surface area contributed by atoms with E-state index in [0.717, 1.165) is 33.6 Å². The molecule has 5 rings (SSSR count). The van der Waals surface area contributed by atoms with Crippen molar-refractivity contribution < 1.29 is 50.9 Å². The number of amides is 1. The van der Waals surface area contributed by atoms with E-state index in [2.05, 4.69) is 25.9 Å². The lowest BCUT2D eigenvalue weighted by molar-refractivity contribution is -0.138. The van der Waals surface area contributed by atoms with Gasteiger partial charge in [0.2, 0.25) is 0 Å². The maximum Gasteiger partial charge on any atom is 0.417 e. The molecular formula is C29H20F6N8O5. The Balaban J connectivity index is 1.60. The van der Waals surface area contributed by atoms with Crippen molar-refractivity contribution in [3.63, 3.8) is 0 Å². The monoisotopic (exact) mass is 674 g/mol. The van der Waals surface area contributed by atoms with Crippen LogP contribution in [0.2, 0.25) is 0 Å². The molecule has 0 saturated carbocycles. The van der Waals surface area contributed by atoms with Crippen LogP contribution in [0.3, 0.4) is 0 Å². The third-order valence-corrected chi connectivity index (χ3v) is 6.93. The number of nitrogens with zero attached hydrogens (tertiary/aromatic N) is 6. The highest BCUT2D eigenvalue weighted by molar-refractivity contribution is 6.00. The number of aromatic nitrogens is 6. The molecule has 0 atom stereocenters. The Hall–Kier alpha value is -6.27. The summed E-state index contributed by atoms with van der Waals surface area (Å²) in [7, 11) is 0. The molecule has 5 N–H and O–H groups in total. The first-order valence-electron chi connectivity index (χ1n) is 13.5. The lowest BCUT2D eigenvalue weighted by Crippen LogP contribution is -2.22. The van der Waals surface area contributed by atoms with Crippen molar-refractivity contribution in [2.75, 3.05) is 12.3 Å². The SMILES string of the molecule is CCNC(=O)c1cc(-c2cn(-c3ccc(C(=O)O)c(C(F)(F)F)c3)nn2)c(N)c(-c2cn(-c3ccc(C(=O)O)c(C(F)(F)F)c3)nn2)c1. The van der Waals surface area contributed by atoms with Gasteiger partial charge in [0, 0.05) is 23.2 Å². The minimum Gasteiger partial charge on any atom is -0.478 e. The van der Waals surface area contributed by atoms with E-state index in [1.54, 1.807) is 6.92 Å². The summed E-state index contributed by atoms with van der Waals surface area (Å²) in [4.78, 5) is 35.6. The second-order valence-corrected chi connectivity index (χ2v) is 10.0. The van der Waals surface area contributed by atoms with Gasteiger partial charge in [0.15, 0.2) is 0 Å². The molecule has 0 aliphatic rings. The van der Waals surface area contributed by atoms with Gasteiger partial charge >= 0.3 is 24.3 Å². The molecule has 0 spiro atoms. The summed E-state index contributed by atoms with van der Waals surface area (Å²) in [6, 6.07) is 7.52. The van der Waals surface area contributed by atoms with Crippen molar-refractivity contribution in [2.24, 2.45) is 0 Å². The number of benzene rings is 3. The number of aromatic carboxylic acids is 2. The molecule has 1 amide bonds. The third kappa shape index (κ3) is 6.37. The van der Waals surface area contributed by atoms with Gasteiger partial charge in [-0.2, -0.15) is 26.3 Å². The Bertz CT molecular complexity index is 1950. The molecule has 5 aromatic rings. The van der Waals surface area contributed by atoms with Crippen LogP contribution in [0.25, 0.3) is 33.9 Å². The number of nitrogen functional groups attached to an aromatic ring is 1. The van der Waals surface area contributed by atoms with Crippen LogP contribution in [-0.2, 0) is 12.4 Å². The fourth-order valence-electron chi connectivity index (χ4n) is 4.69. The summed E-state index contributed by atoms with van der Waals surface area (Å²) >= 11 is 0. The lowest BCUT2D eigenvalue weighted by atomic mass is 9.98. The standard InChI is InChI=1S/C29H20F6N8O5/c1-2-37-25(44)13-7-18(22-11-42(40-38-22)14-3-5-16(26(45)46)20(9-14)28(30,31)32)24(36)19(8-13)23-12-43(41-39-23)15-4-6-17(27(47)48)21(10-15)29(33,34)35/h3-12H,2,36H2,1H3,(H,37,44)(H,45,46)(H,47,48). The number of alkyl halides is 6. The number of hydrogen-bond acceptors (Lipinski definition) is 8. The fourth-order valence-corrected chi connectivity index (χ4v) is 4.69. The number of carbonyl (C=O) groups is 3. The van der Waals surface area contributed by atoms with Crippen molar-refractivity contribution in [2.45, 2.75) is 19.3 Å². The molecule has 13 nitrogen and oxygen atoms in total. The van der Waals surface area contributed by atoms with E-state index in [9.17, 15) is 50.9 Å². The number of rotatable bonds is 8. The largest absolute Gasteiger partial charge is 0.478 e. The molecule has 0 aliphatic carbocycles. The minimum atomic E-state index is -5.00. The summed E-state index contributed by atoms with van der Waals surface area (Å²) in [6.45, 7) is 1.88. The van der Waals surface area contributed by atoms with E-state index in [1.165, 1.54) is 24.5 Å². The third-order valence-electron chi connectivity index (χ3n) is 6.93. The van der Waals surface area contributed by atoms with Crippen molar-refractivity contribution >= 4 is 23.5 Å². The van der Waals surface area contributed by atoms with Gasteiger partial charge in [-0.15, -0.1) is 10.2 Å². The number of nitrogens with one attached hydrogen (secondary N) is 1. The summed E-state index contributed by atoms with van der Waals surface area (Å²) < 4.78 is 83.5. The smallest absolute Gasteiger partial charge is 0.417 e. The number of nitrogens with two attached hydrogens (primary N) is 1. The van der Waals surface area contributed by atoms with Crippen molar-refractivity contribution in [1.82, 2.24) is 35.3 Å². The maximum atomic E-state index is 13.6. The Morgan fingerprint density at radius 2 is 1.17 bits per heavy atom. The molecule has 0 saturated heterocycles. The van der Waals surface area contributed by atoms with Crippen LogP contribution in [0.15, 0.2) is 60.9 Å². The van der Waals surface area contributed by atoms with E-state index in [-0.39, 0.29) is 51.7 Å². The average Bonchev–Trinajstić information content (AvgIpc) is 3.71. The van der Waals surface area contributed by atoms with Crippen LogP contribution < -0.4 is 11.1 Å². The summed E-state index contributed by atoms with van der Waals surface area (Å²) in [5.74, 6) is -4.14. The molecule has 48 heavy (non-hydrogen) atoms. The molecule has 2 aromatic heterocycles. The Morgan fingerprint density at radius 3 is 1.52 bits per heavy atom. The lowest BCUT2D eigenvalue weighted by Gasteiger charge is -2.12. The Labute approximate surface area is 264 Å². The van der Waals surface area contributed by atoms with Crippen LogP contribution in [0.4, 0.5) is 32.0 Å². The summed E-state index contributed by atoms with van der Waals surface area (Å²) in [5, 5.41) is 36.6. The molecule has 19 heteroatoms. The van der Waals surface area contributed by atoms with E-state index in [4.69, 9.17) is 5.73 Å². The van der Waals surface area contributed by atoms with E-state index < -0.39 is 52.5 Å². The van der Waals surface area contributed by atoms with E-state index in [1.807, 2.05) is 0 Å². The molecule has 248 valence electrons. The summed E-state index contributed by atoms with van der Waals surface area (Å²) in [5.41, 5.74) is 1.29. The van der Waals surface area contributed by atoms with Gasteiger partial charge in [-0.25, -0.2) is 19.0 Å². The van der Waals surface area contributed by atoms with Crippen LogP contribution >= 0.6 is 0 Å². The highest BCUT2D eigenvalue weighted by Gasteiger charge is 2.37. The van der Waals surface area contributed by atoms with Crippen LogP contribution in [-0.4, -0.2) is 64.6 Å². The quantitative estimate of drug-likeness (QED) is 0.129. The Kier molecular flexibility index (Phi) is 8.38. The minimum absolute atomic E-state index is 0.0236. The first-order chi connectivity index (χ1) is 22.5. The molecule has 0 radical (unpaired) electrons. The maximum absolute atomic E-state index is 13.6. The van der Waals surface area contributed by atoms with Crippen molar-refractivity contribution in [3.05, 3.63) is 88.7 Å². The number of halogens is 6. The van der Waals surface area contributed by atoms with Gasteiger partial charge in [-0.3, -0.25) is 4.79 Å². The molecule has 2 heterocycles. The number of carbonyl (C=O) groups excluding carboxylic acids is 1. The average molecular weight is 675 g/mol. The zero-order valence-corrected chi connectivity index (χ0v) is 24.1. The molecule has 0 bridgehead atoms.